The van der Waals surface area contributed by atoms with Gasteiger partial charge in [0.1, 0.15) is 15.6 Å². The fraction of sp³-hybridized carbons (Fsp3) is 0.722. The maximum Gasteiger partial charge on any atom is 0.191 e. The molecule has 1 aromatic rings. The Morgan fingerprint density at radius 2 is 2.22 bits per heavy atom. The Morgan fingerprint density at radius 3 is 2.85 bits per heavy atom. The first-order valence-electron chi connectivity index (χ1n) is 9.29. The molecule has 7 nitrogen and oxygen atoms in total. The van der Waals surface area contributed by atoms with E-state index in [-0.39, 0.29) is 41.9 Å². The molecule has 2 N–H and O–H groups in total. The number of halogens is 1. The normalized spacial score (nSPS) is 19.2. The minimum Gasteiger partial charge on any atom is -0.469 e. The van der Waals surface area contributed by atoms with Gasteiger partial charge in [-0.05, 0) is 44.7 Å². The molecule has 2 heterocycles. The van der Waals surface area contributed by atoms with Crippen LogP contribution in [0, 0.1) is 0 Å². The number of furan rings is 1. The zero-order valence-corrected chi connectivity index (χ0v) is 19.3. The third-order valence-corrected chi connectivity index (χ3v) is 5.25. The van der Waals surface area contributed by atoms with Crippen molar-refractivity contribution in [1.82, 2.24) is 10.6 Å². The first-order chi connectivity index (χ1) is 12.4. The molecule has 1 saturated heterocycles. The Labute approximate surface area is 179 Å². The van der Waals surface area contributed by atoms with E-state index >= 15 is 0 Å². The Kier molecular flexibility index (Phi) is 11.3. The molecule has 156 valence electrons. The molecule has 2 atom stereocenters. The Balaban J connectivity index is 0.00000364. The number of hydrogen-bond acceptors (Lipinski definition) is 5. The molecule has 0 amide bonds. The van der Waals surface area contributed by atoms with E-state index in [0.717, 1.165) is 31.6 Å². The van der Waals surface area contributed by atoms with E-state index in [9.17, 15) is 8.42 Å². The highest BCUT2D eigenvalue weighted by molar-refractivity contribution is 14.0. The molecule has 0 aromatic carbocycles. The van der Waals surface area contributed by atoms with E-state index in [2.05, 4.69) is 15.6 Å². The van der Waals surface area contributed by atoms with Crippen LogP contribution < -0.4 is 10.6 Å². The van der Waals surface area contributed by atoms with E-state index in [1.807, 2.05) is 19.1 Å². The summed E-state index contributed by atoms with van der Waals surface area (Å²) in [6.07, 6.45) is 7.72. The number of hydrogen-bond donors (Lipinski definition) is 2. The quantitative estimate of drug-likeness (QED) is 0.299. The number of rotatable bonds is 9. The second kappa shape index (κ2) is 12.6. The van der Waals surface area contributed by atoms with E-state index < -0.39 is 9.84 Å². The van der Waals surface area contributed by atoms with Gasteiger partial charge in [0.05, 0.1) is 24.7 Å². The molecule has 2 unspecified atom stereocenters. The van der Waals surface area contributed by atoms with Crippen LogP contribution in [0.2, 0.25) is 0 Å². The summed E-state index contributed by atoms with van der Waals surface area (Å²) in [7, 11) is -2.96. The fourth-order valence-corrected chi connectivity index (χ4v) is 3.53. The van der Waals surface area contributed by atoms with Crippen molar-refractivity contribution in [2.45, 2.75) is 51.2 Å². The smallest absolute Gasteiger partial charge is 0.191 e. The highest BCUT2D eigenvalue weighted by Crippen LogP contribution is 2.12. The predicted octanol–water partition coefficient (Wildman–Crippen LogP) is 2.37. The summed E-state index contributed by atoms with van der Waals surface area (Å²) in [6.45, 7) is 4.06. The molecule has 0 radical (unpaired) electrons. The number of ether oxygens (including phenoxy) is 1. The van der Waals surface area contributed by atoms with Crippen molar-refractivity contribution < 1.29 is 17.6 Å². The molecule has 2 rings (SSSR count). The molecule has 0 bridgehead atoms. The topological polar surface area (TPSA) is 92.9 Å². The molecule has 1 aliphatic heterocycles. The van der Waals surface area contributed by atoms with Gasteiger partial charge < -0.3 is 19.8 Å². The monoisotopic (exact) mass is 513 g/mol. The average molecular weight is 513 g/mol. The predicted molar refractivity (Wildman–Crippen MR) is 119 cm³/mol. The van der Waals surface area contributed by atoms with Gasteiger partial charge in [0.15, 0.2) is 5.96 Å². The summed E-state index contributed by atoms with van der Waals surface area (Å²) in [5, 5.41) is 6.60. The molecule has 27 heavy (non-hydrogen) atoms. The number of nitrogens with one attached hydrogen (secondary N) is 2. The summed E-state index contributed by atoms with van der Waals surface area (Å²) in [5.41, 5.74) is 0. The summed E-state index contributed by atoms with van der Waals surface area (Å²) in [5.74, 6) is 1.76. The molecular weight excluding hydrogens is 481 g/mol. The molecule has 0 spiro atoms. The third-order valence-electron chi connectivity index (χ3n) is 4.28. The summed E-state index contributed by atoms with van der Waals surface area (Å²) < 4.78 is 33.8. The van der Waals surface area contributed by atoms with Crippen LogP contribution >= 0.6 is 24.0 Å². The first kappa shape index (κ1) is 24.2. The van der Waals surface area contributed by atoms with Gasteiger partial charge in [-0.1, -0.05) is 0 Å². The minimum absolute atomic E-state index is 0. The van der Waals surface area contributed by atoms with Crippen molar-refractivity contribution in [3.63, 3.8) is 0 Å². The number of nitrogens with zero attached hydrogens (tertiary/aromatic N) is 1. The van der Waals surface area contributed by atoms with Crippen LogP contribution in [0.5, 0.6) is 0 Å². The van der Waals surface area contributed by atoms with Crippen molar-refractivity contribution in [2.75, 3.05) is 31.7 Å². The number of sulfone groups is 1. The highest BCUT2D eigenvalue weighted by Gasteiger charge is 2.14. The highest BCUT2D eigenvalue weighted by atomic mass is 127. The standard InChI is InChI=1S/C18H31N3O4S.HI/c1-15(9-13-26(2,22)23)21-18(19-10-8-16-7-5-12-24-16)20-14-17-6-3-4-11-25-17;/h5,7,12,15,17H,3-4,6,8-11,13-14H2,1-2H3,(H2,19,20,21);1H. The lowest BCUT2D eigenvalue weighted by Crippen LogP contribution is -2.44. The van der Waals surface area contributed by atoms with Crippen LogP contribution in [0.15, 0.2) is 27.8 Å². The second-order valence-corrected chi connectivity index (χ2v) is 9.16. The van der Waals surface area contributed by atoms with Crippen LogP contribution in [0.25, 0.3) is 0 Å². The fourth-order valence-electron chi connectivity index (χ4n) is 2.75. The summed E-state index contributed by atoms with van der Waals surface area (Å²) in [6, 6.07) is 3.82. The van der Waals surface area contributed by atoms with Crippen molar-refractivity contribution in [1.29, 1.82) is 0 Å². The van der Waals surface area contributed by atoms with Gasteiger partial charge >= 0.3 is 0 Å². The third kappa shape index (κ3) is 10.9. The zero-order chi connectivity index (χ0) is 18.8. The summed E-state index contributed by atoms with van der Waals surface area (Å²) in [4.78, 5) is 4.64. The van der Waals surface area contributed by atoms with Gasteiger partial charge in [-0.15, -0.1) is 24.0 Å². The van der Waals surface area contributed by atoms with Crippen LogP contribution in [-0.4, -0.2) is 58.2 Å². The van der Waals surface area contributed by atoms with Gasteiger partial charge in [-0.2, -0.15) is 0 Å². The maximum atomic E-state index is 11.4. The lowest BCUT2D eigenvalue weighted by molar-refractivity contribution is 0.0224. The molecule has 0 saturated carbocycles. The van der Waals surface area contributed by atoms with Crippen LogP contribution in [-0.2, 0) is 21.0 Å². The van der Waals surface area contributed by atoms with Crippen LogP contribution in [0.1, 0.15) is 38.4 Å². The largest absolute Gasteiger partial charge is 0.469 e. The van der Waals surface area contributed by atoms with Crippen molar-refractivity contribution in [3.8, 4) is 0 Å². The van der Waals surface area contributed by atoms with Crippen molar-refractivity contribution >= 4 is 39.8 Å². The van der Waals surface area contributed by atoms with Crippen LogP contribution in [0.4, 0.5) is 0 Å². The molecule has 1 aliphatic rings. The van der Waals surface area contributed by atoms with Crippen molar-refractivity contribution in [2.24, 2.45) is 4.99 Å². The molecule has 0 aliphatic carbocycles. The van der Waals surface area contributed by atoms with Gasteiger partial charge in [0.2, 0.25) is 0 Å². The minimum atomic E-state index is -2.96. The van der Waals surface area contributed by atoms with Gasteiger partial charge in [-0.25, -0.2) is 8.42 Å². The molecule has 9 heteroatoms. The Bertz CT molecular complexity index is 644. The van der Waals surface area contributed by atoms with Crippen LogP contribution in [0.3, 0.4) is 0 Å². The SMILES string of the molecule is CC(CCS(C)(=O)=O)NC(=NCC1CCCCO1)NCCc1ccco1.I. The molecule has 1 fully saturated rings. The van der Waals surface area contributed by atoms with Gasteiger partial charge in [-0.3, -0.25) is 4.99 Å². The van der Waals surface area contributed by atoms with E-state index in [1.54, 1.807) is 6.26 Å². The maximum absolute atomic E-state index is 11.4. The average Bonchev–Trinajstić information content (AvgIpc) is 3.11. The van der Waals surface area contributed by atoms with E-state index in [4.69, 9.17) is 9.15 Å². The van der Waals surface area contributed by atoms with E-state index in [1.165, 1.54) is 12.7 Å². The number of guanidine groups is 1. The second-order valence-electron chi connectivity index (χ2n) is 6.90. The van der Waals surface area contributed by atoms with Crippen molar-refractivity contribution in [3.05, 3.63) is 24.2 Å². The van der Waals surface area contributed by atoms with Gasteiger partial charge in [0, 0.05) is 31.9 Å². The Hall–Kier alpha value is -0.810. The lowest BCUT2D eigenvalue weighted by atomic mass is 10.1. The molecular formula is C18H32IN3O4S. The Morgan fingerprint density at radius 1 is 1.41 bits per heavy atom. The molecule has 1 aromatic heterocycles. The van der Waals surface area contributed by atoms with E-state index in [0.29, 0.717) is 25.5 Å². The van der Waals surface area contributed by atoms with Gasteiger partial charge in [0.25, 0.3) is 0 Å². The number of aliphatic imine (C=N–C) groups is 1. The lowest BCUT2D eigenvalue weighted by Gasteiger charge is -2.22. The first-order valence-corrected chi connectivity index (χ1v) is 11.3. The zero-order valence-electron chi connectivity index (χ0n) is 16.1. The summed E-state index contributed by atoms with van der Waals surface area (Å²) >= 11 is 0.